The Balaban J connectivity index is 1.41. The molecule has 1 saturated carbocycles. The van der Waals surface area contributed by atoms with Crippen molar-refractivity contribution >= 4 is 22.1 Å². The van der Waals surface area contributed by atoms with Crippen LogP contribution >= 0.6 is 0 Å². The standard InChI is InChI=1S/C22H31N3O/c1-15-13-25(14-16(2)26-15)22-6-4-18-11-21(5-3-19(18)12-22)24-8-7-17-9-20(23)10-17/h3-6,11-12,15-17,20,24H,7-10,13-14,23H2,1-2H3/t15-,16+,17-,20-. The van der Waals surface area contributed by atoms with Gasteiger partial charge >= 0.3 is 0 Å². The monoisotopic (exact) mass is 353 g/mol. The minimum atomic E-state index is 0.284. The Hall–Kier alpha value is -1.78. The number of hydrogen-bond acceptors (Lipinski definition) is 4. The molecule has 1 heterocycles. The molecule has 0 spiro atoms. The number of rotatable bonds is 5. The number of nitrogens with two attached hydrogens (primary N) is 1. The van der Waals surface area contributed by atoms with E-state index >= 15 is 0 Å². The van der Waals surface area contributed by atoms with Gasteiger partial charge in [-0.3, -0.25) is 0 Å². The zero-order valence-electron chi connectivity index (χ0n) is 15.9. The summed E-state index contributed by atoms with van der Waals surface area (Å²) in [7, 11) is 0. The van der Waals surface area contributed by atoms with Gasteiger partial charge in [0.2, 0.25) is 0 Å². The van der Waals surface area contributed by atoms with E-state index in [4.69, 9.17) is 10.5 Å². The quantitative estimate of drug-likeness (QED) is 0.853. The Kier molecular flexibility index (Phi) is 5.05. The van der Waals surface area contributed by atoms with E-state index < -0.39 is 0 Å². The summed E-state index contributed by atoms with van der Waals surface area (Å²) in [5.41, 5.74) is 8.37. The van der Waals surface area contributed by atoms with Crippen LogP contribution in [0.4, 0.5) is 11.4 Å². The number of fused-ring (bicyclic) bond motifs is 1. The van der Waals surface area contributed by atoms with Crippen molar-refractivity contribution in [3.63, 3.8) is 0 Å². The molecule has 3 N–H and O–H groups in total. The lowest BCUT2D eigenvalue weighted by Crippen LogP contribution is -2.45. The van der Waals surface area contributed by atoms with Gasteiger partial charge in [-0.2, -0.15) is 0 Å². The topological polar surface area (TPSA) is 50.5 Å². The predicted octanol–water partition coefficient (Wildman–Crippen LogP) is 3.99. The predicted molar refractivity (Wildman–Crippen MR) is 110 cm³/mol. The number of hydrogen-bond donors (Lipinski definition) is 2. The minimum absolute atomic E-state index is 0.284. The Labute approximate surface area is 156 Å². The number of nitrogens with zero attached hydrogens (tertiary/aromatic N) is 1. The third-order valence-corrected chi connectivity index (χ3v) is 5.76. The van der Waals surface area contributed by atoms with E-state index in [0.717, 1.165) is 25.6 Å². The third kappa shape index (κ3) is 3.97. The Morgan fingerprint density at radius 3 is 2.46 bits per heavy atom. The maximum Gasteiger partial charge on any atom is 0.0726 e. The van der Waals surface area contributed by atoms with E-state index in [1.807, 2.05) is 0 Å². The van der Waals surface area contributed by atoms with Gasteiger partial charge in [0.1, 0.15) is 0 Å². The van der Waals surface area contributed by atoms with Crippen molar-refractivity contribution in [3.05, 3.63) is 36.4 Å². The molecule has 4 nitrogen and oxygen atoms in total. The normalized spacial score (nSPS) is 28.8. The molecule has 2 atom stereocenters. The molecule has 0 amide bonds. The van der Waals surface area contributed by atoms with Crippen LogP contribution in [0.3, 0.4) is 0 Å². The maximum atomic E-state index is 5.86. The van der Waals surface area contributed by atoms with Crippen molar-refractivity contribution in [2.45, 2.75) is 51.4 Å². The van der Waals surface area contributed by atoms with Gasteiger partial charge in [0.15, 0.2) is 0 Å². The summed E-state index contributed by atoms with van der Waals surface area (Å²) in [5, 5.41) is 6.16. The molecule has 4 rings (SSSR count). The molecule has 2 fully saturated rings. The molecule has 2 aromatic carbocycles. The molecule has 1 aliphatic heterocycles. The van der Waals surface area contributed by atoms with Crippen LogP contribution in [0.2, 0.25) is 0 Å². The summed E-state index contributed by atoms with van der Waals surface area (Å²) < 4.78 is 5.86. The van der Waals surface area contributed by atoms with Crippen LogP contribution < -0.4 is 16.0 Å². The van der Waals surface area contributed by atoms with Crippen molar-refractivity contribution in [1.29, 1.82) is 0 Å². The molecule has 0 unspecified atom stereocenters. The average molecular weight is 354 g/mol. The lowest BCUT2D eigenvalue weighted by molar-refractivity contribution is -0.00521. The highest BCUT2D eigenvalue weighted by Gasteiger charge is 2.25. The Morgan fingerprint density at radius 1 is 1.04 bits per heavy atom. The summed E-state index contributed by atoms with van der Waals surface area (Å²) in [4.78, 5) is 2.44. The van der Waals surface area contributed by atoms with Gasteiger partial charge < -0.3 is 20.7 Å². The zero-order chi connectivity index (χ0) is 18.1. The number of ether oxygens (including phenoxy) is 1. The van der Waals surface area contributed by atoms with Crippen LogP contribution in [-0.2, 0) is 4.74 Å². The molecule has 140 valence electrons. The van der Waals surface area contributed by atoms with E-state index in [2.05, 4.69) is 60.5 Å². The van der Waals surface area contributed by atoms with Crippen molar-refractivity contribution in [3.8, 4) is 0 Å². The van der Waals surface area contributed by atoms with Crippen LogP contribution in [0, 0.1) is 5.92 Å². The van der Waals surface area contributed by atoms with E-state index in [1.54, 1.807) is 0 Å². The van der Waals surface area contributed by atoms with Crippen molar-refractivity contribution in [2.24, 2.45) is 11.7 Å². The minimum Gasteiger partial charge on any atom is -0.385 e. The first kappa shape index (κ1) is 17.6. The van der Waals surface area contributed by atoms with E-state index in [-0.39, 0.29) is 12.2 Å². The molecule has 26 heavy (non-hydrogen) atoms. The second kappa shape index (κ2) is 7.45. The van der Waals surface area contributed by atoms with Gasteiger partial charge in [0.25, 0.3) is 0 Å². The van der Waals surface area contributed by atoms with Crippen LogP contribution in [0.25, 0.3) is 10.8 Å². The summed E-state index contributed by atoms with van der Waals surface area (Å²) >= 11 is 0. The number of benzene rings is 2. The molecular weight excluding hydrogens is 322 g/mol. The van der Waals surface area contributed by atoms with E-state index in [0.29, 0.717) is 6.04 Å². The largest absolute Gasteiger partial charge is 0.385 e. The van der Waals surface area contributed by atoms with Crippen molar-refractivity contribution in [2.75, 3.05) is 29.9 Å². The first-order valence-electron chi connectivity index (χ1n) is 10.0. The zero-order valence-corrected chi connectivity index (χ0v) is 15.9. The second-order valence-electron chi connectivity index (χ2n) is 8.22. The van der Waals surface area contributed by atoms with Crippen LogP contribution in [0.15, 0.2) is 36.4 Å². The van der Waals surface area contributed by atoms with Gasteiger partial charge in [-0.25, -0.2) is 0 Å². The van der Waals surface area contributed by atoms with Gasteiger partial charge in [-0.05, 0) is 74.1 Å². The molecule has 2 aliphatic rings. The van der Waals surface area contributed by atoms with E-state index in [1.165, 1.54) is 41.4 Å². The Morgan fingerprint density at radius 2 is 1.73 bits per heavy atom. The van der Waals surface area contributed by atoms with Gasteiger partial charge in [0, 0.05) is 37.1 Å². The van der Waals surface area contributed by atoms with E-state index in [9.17, 15) is 0 Å². The molecule has 4 heteroatoms. The molecular formula is C22H31N3O. The average Bonchev–Trinajstić information content (AvgIpc) is 2.59. The van der Waals surface area contributed by atoms with Crippen molar-refractivity contribution in [1.82, 2.24) is 0 Å². The highest BCUT2D eigenvalue weighted by molar-refractivity contribution is 5.88. The highest BCUT2D eigenvalue weighted by atomic mass is 16.5. The summed E-state index contributed by atoms with van der Waals surface area (Å²) in [5.74, 6) is 0.818. The number of anilines is 2. The fraction of sp³-hybridized carbons (Fsp3) is 0.545. The first-order valence-corrected chi connectivity index (χ1v) is 10.0. The Bertz CT molecular complexity index is 746. The maximum absolute atomic E-state index is 5.86. The molecule has 1 saturated heterocycles. The SMILES string of the molecule is C[C@@H]1CN(c2ccc3cc(NCC[C@H]4C[C@H](N)C4)ccc3c2)C[C@H](C)O1. The summed E-state index contributed by atoms with van der Waals surface area (Å²) in [6, 6.07) is 13.9. The first-order chi connectivity index (χ1) is 12.6. The summed E-state index contributed by atoms with van der Waals surface area (Å²) in [6.45, 7) is 7.25. The van der Waals surface area contributed by atoms with Gasteiger partial charge in [-0.1, -0.05) is 12.1 Å². The fourth-order valence-corrected chi connectivity index (χ4v) is 4.37. The molecule has 0 bridgehead atoms. The number of nitrogens with one attached hydrogen (secondary N) is 1. The molecule has 0 aromatic heterocycles. The highest BCUT2D eigenvalue weighted by Crippen LogP contribution is 2.29. The molecule has 2 aromatic rings. The van der Waals surface area contributed by atoms with Crippen LogP contribution in [0.1, 0.15) is 33.1 Å². The van der Waals surface area contributed by atoms with Gasteiger partial charge in [-0.15, -0.1) is 0 Å². The fourth-order valence-electron chi connectivity index (χ4n) is 4.37. The van der Waals surface area contributed by atoms with Crippen LogP contribution in [0.5, 0.6) is 0 Å². The second-order valence-corrected chi connectivity index (χ2v) is 8.22. The van der Waals surface area contributed by atoms with Gasteiger partial charge in [0.05, 0.1) is 12.2 Å². The lowest BCUT2D eigenvalue weighted by Gasteiger charge is -2.37. The molecule has 0 radical (unpaired) electrons. The smallest absolute Gasteiger partial charge is 0.0726 e. The summed E-state index contributed by atoms with van der Waals surface area (Å²) in [6.07, 6.45) is 4.18. The van der Waals surface area contributed by atoms with Crippen LogP contribution in [-0.4, -0.2) is 37.9 Å². The molecule has 1 aliphatic carbocycles. The van der Waals surface area contributed by atoms with Crippen molar-refractivity contribution < 1.29 is 4.74 Å². The third-order valence-electron chi connectivity index (χ3n) is 5.76. The number of morpholine rings is 1. The lowest BCUT2D eigenvalue weighted by atomic mass is 9.79.